The lowest BCUT2D eigenvalue weighted by atomic mass is 9.96. The summed E-state index contributed by atoms with van der Waals surface area (Å²) in [6.45, 7) is 5.67. The number of nitrogens with zero attached hydrogens (tertiary/aromatic N) is 1. The molecule has 3 aromatic rings. The van der Waals surface area contributed by atoms with Crippen LogP contribution in [0.25, 0.3) is 11.0 Å². The van der Waals surface area contributed by atoms with Crippen LogP contribution in [0.1, 0.15) is 34.5 Å². The number of furan rings is 1. The van der Waals surface area contributed by atoms with E-state index >= 15 is 0 Å². The monoisotopic (exact) mass is 470 g/mol. The number of piperidine rings is 1. The molecule has 2 aromatic carbocycles. The first-order valence-electron chi connectivity index (χ1n) is 10.4. The van der Waals surface area contributed by atoms with Crippen molar-refractivity contribution in [3.8, 4) is 5.75 Å². The van der Waals surface area contributed by atoms with Gasteiger partial charge in [0.05, 0.1) is 7.11 Å². The molecule has 1 aliphatic heterocycles. The molecule has 1 aromatic heterocycles. The van der Waals surface area contributed by atoms with E-state index in [0.717, 1.165) is 59.2 Å². The zero-order valence-corrected chi connectivity index (χ0v) is 19.0. The lowest BCUT2D eigenvalue weighted by molar-refractivity contribution is 0.0909. The van der Waals surface area contributed by atoms with Crippen LogP contribution in [0.3, 0.4) is 0 Å². The van der Waals surface area contributed by atoms with Gasteiger partial charge in [0.25, 0.3) is 5.91 Å². The summed E-state index contributed by atoms with van der Waals surface area (Å²) in [5, 5.41) is 4.06. The molecule has 4 rings (SSSR count). The second kappa shape index (κ2) is 9.23. The second-order valence-corrected chi connectivity index (χ2v) is 8.89. The van der Waals surface area contributed by atoms with Crippen molar-refractivity contribution >= 4 is 32.8 Å². The number of hydrogen-bond donors (Lipinski definition) is 1. The van der Waals surface area contributed by atoms with E-state index in [1.54, 1.807) is 7.11 Å². The number of halogens is 1. The fourth-order valence-corrected chi connectivity index (χ4v) is 4.43. The van der Waals surface area contributed by atoms with Crippen molar-refractivity contribution in [2.75, 3.05) is 26.7 Å². The normalized spacial score (nSPS) is 15.4. The fraction of sp³-hybridized carbons (Fsp3) is 0.375. The first-order chi connectivity index (χ1) is 14.5. The maximum absolute atomic E-state index is 12.7. The SMILES string of the molecule is COc1ccc(CN2CCC(CNC(=O)c3oc4ccc(Br)cc4c3C)CC2)cc1. The molecule has 0 spiro atoms. The molecule has 5 nitrogen and oxygen atoms in total. The molecule has 0 radical (unpaired) electrons. The lowest BCUT2D eigenvalue weighted by Gasteiger charge is -2.32. The molecule has 0 atom stereocenters. The van der Waals surface area contributed by atoms with Crippen LogP contribution in [-0.2, 0) is 6.54 Å². The molecular weight excluding hydrogens is 444 g/mol. The molecule has 6 heteroatoms. The molecule has 158 valence electrons. The Balaban J connectivity index is 1.27. The minimum absolute atomic E-state index is 0.125. The van der Waals surface area contributed by atoms with Crippen LogP contribution < -0.4 is 10.1 Å². The molecule has 0 bridgehead atoms. The third-order valence-corrected chi connectivity index (χ3v) is 6.42. The van der Waals surface area contributed by atoms with Gasteiger partial charge in [-0.05, 0) is 74.7 Å². The van der Waals surface area contributed by atoms with Crippen LogP contribution in [0.4, 0.5) is 0 Å². The van der Waals surface area contributed by atoms with Crippen molar-refractivity contribution in [2.45, 2.75) is 26.3 Å². The summed E-state index contributed by atoms with van der Waals surface area (Å²) in [4.78, 5) is 15.2. The van der Waals surface area contributed by atoms with Gasteiger partial charge in [0, 0.05) is 28.5 Å². The highest BCUT2D eigenvalue weighted by molar-refractivity contribution is 9.10. The summed E-state index contributed by atoms with van der Waals surface area (Å²) in [5.74, 6) is 1.68. The first kappa shape index (κ1) is 20.9. The van der Waals surface area contributed by atoms with Gasteiger partial charge >= 0.3 is 0 Å². The topological polar surface area (TPSA) is 54.7 Å². The largest absolute Gasteiger partial charge is 0.497 e. The average molecular weight is 471 g/mol. The number of likely N-dealkylation sites (tertiary alicyclic amines) is 1. The molecule has 0 unspecified atom stereocenters. The summed E-state index contributed by atoms with van der Waals surface area (Å²) >= 11 is 3.48. The van der Waals surface area contributed by atoms with E-state index in [2.05, 4.69) is 38.3 Å². The first-order valence-corrected chi connectivity index (χ1v) is 11.1. The maximum atomic E-state index is 12.7. The molecule has 1 amide bonds. The highest BCUT2D eigenvalue weighted by Crippen LogP contribution is 2.28. The Morgan fingerprint density at radius 1 is 1.20 bits per heavy atom. The average Bonchev–Trinajstić information content (AvgIpc) is 3.09. The minimum atomic E-state index is -0.125. The summed E-state index contributed by atoms with van der Waals surface area (Å²) in [6, 6.07) is 14.1. The number of methoxy groups -OCH3 is 1. The van der Waals surface area contributed by atoms with Crippen molar-refractivity contribution in [1.82, 2.24) is 10.2 Å². The number of nitrogens with one attached hydrogen (secondary N) is 1. The van der Waals surface area contributed by atoms with Crippen molar-refractivity contribution in [2.24, 2.45) is 5.92 Å². The summed E-state index contributed by atoms with van der Waals surface area (Å²) in [7, 11) is 1.69. The van der Waals surface area contributed by atoms with Crippen LogP contribution in [0.2, 0.25) is 0 Å². The van der Waals surface area contributed by atoms with Crippen molar-refractivity contribution in [3.05, 3.63) is 63.8 Å². The number of carbonyl (C=O) groups is 1. The number of rotatable bonds is 6. The van der Waals surface area contributed by atoms with Gasteiger partial charge in [0.1, 0.15) is 11.3 Å². The molecular formula is C24H27BrN2O3. The van der Waals surface area contributed by atoms with Crippen LogP contribution in [0.15, 0.2) is 51.4 Å². The van der Waals surface area contributed by atoms with Gasteiger partial charge in [0.15, 0.2) is 5.76 Å². The van der Waals surface area contributed by atoms with E-state index in [9.17, 15) is 4.79 Å². The number of fused-ring (bicyclic) bond motifs is 1. The van der Waals surface area contributed by atoms with Gasteiger partial charge in [0.2, 0.25) is 0 Å². The molecule has 30 heavy (non-hydrogen) atoms. The Bertz CT molecular complexity index is 1020. The molecule has 1 fully saturated rings. The Kier molecular flexibility index (Phi) is 6.44. The Hall–Kier alpha value is -2.31. The van der Waals surface area contributed by atoms with Crippen molar-refractivity contribution in [1.29, 1.82) is 0 Å². The van der Waals surface area contributed by atoms with E-state index in [1.807, 2.05) is 37.3 Å². The van der Waals surface area contributed by atoms with Gasteiger partial charge in [-0.3, -0.25) is 9.69 Å². The predicted molar refractivity (Wildman–Crippen MR) is 122 cm³/mol. The van der Waals surface area contributed by atoms with E-state index in [4.69, 9.17) is 9.15 Å². The predicted octanol–water partition coefficient (Wildman–Crippen LogP) is 5.15. The van der Waals surface area contributed by atoms with Gasteiger partial charge in [-0.1, -0.05) is 28.1 Å². The summed E-state index contributed by atoms with van der Waals surface area (Å²) in [5.41, 5.74) is 2.93. The standard InChI is InChI=1S/C24H27BrN2O3/c1-16-21-13-19(25)5-8-22(21)30-23(16)24(28)26-14-17-9-11-27(12-10-17)15-18-3-6-20(29-2)7-4-18/h3-8,13,17H,9-12,14-15H2,1-2H3,(H,26,28). The second-order valence-electron chi connectivity index (χ2n) is 7.97. The fourth-order valence-electron chi connectivity index (χ4n) is 4.06. The number of benzene rings is 2. The van der Waals surface area contributed by atoms with E-state index in [-0.39, 0.29) is 5.91 Å². The smallest absolute Gasteiger partial charge is 0.287 e. The molecule has 2 heterocycles. The molecule has 1 saturated heterocycles. The van der Waals surface area contributed by atoms with Gasteiger partial charge in [-0.25, -0.2) is 0 Å². The quantitative estimate of drug-likeness (QED) is 0.540. The number of amides is 1. The van der Waals surface area contributed by atoms with Crippen LogP contribution in [0, 0.1) is 12.8 Å². The van der Waals surface area contributed by atoms with Gasteiger partial charge in [-0.15, -0.1) is 0 Å². The summed E-state index contributed by atoms with van der Waals surface area (Å²) < 4.78 is 12.0. The molecule has 0 saturated carbocycles. The molecule has 0 aliphatic carbocycles. The Morgan fingerprint density at radius 3 is 2.63 bits per heavy atom. The molecule has 1 aliphatic rings. The van der Waals surface area contributed by atoms with Crippen LogP contribution in [0.5, 0.6) is 5.75 Å². The number of aryl methyl sites for hydroxylation is 1. The number of ether oxygens (including phenoxy) is 1. The zero-order chi connectivity index (χ0) is 21.1. The highest BCUT2D eigenvalue weighted by Gasteiger charge is 2.22. The Labute approximate surface area is 185 Å². The molecule has 1 N–H and O–H groups in total. The highest BCUT2D eigenvalue weighted by atomic mass is 79.9. The Morgan fingerprint density at radius 2 is 1.93 bits per heavy atom. The van der Waals surface area contributed by atoms with Crippen LogP contribution >= 0.6 is 15.9 Å². The van der Waals surface area contributed by atoms with E-state index in [0.29, 0.717) is 18.2 Å². The van der Waals surface area contributed by atoms with Gasteiger partial charge in [-0.2, -0.15) is 0 Å². The third-order valence-electron chi connectivity index (χ3n) is 5.93. The minimum Gasteiger partial charge on any atom is -0.497 e. The van der Waals surface area contributed by atoms with E-state index in [1.165, 1.54) is 5.56 Å². The maximum Gasteiger partial charge on any atom is 0.287 e. The number of carbonyl (C=O) groups excluding carboxylic acids is 1. The van der Waals surface area contributed by atoms with Crippen LogP contribution in [-0.4, -0.2) is 37.6 Å². The number of hydrogen-bond acceptors (Lipinski definition) is 4. The zero-order valence-electron chi connectivity index (χ0n) is 17.4. The van der Waals surface area contributed by atoms with E-state index < -0.39 is 0 Å². The van der Waals surface area contributed by atoms with Crippen molar-refractivity contribution in [3.63, 3.8) is 0 Å². The summed E-state index contributed by atoms with van der Waals surface area (Å²) in [6.07, 6.45) is 2.17. The third kappa shape index (κ3) is 4.71. The van der Waals surface area contributed by atoms with Crippen molar-refractivity contribution < 1.29 is 13.9 Å². The van der Waals surface area contributed by atoms with Gasteiger partial charge < -0.3 is 14.5 Å². The lowest BCUT2D eigenvalue weighted by Crippen LogP contribution is -2.38.